The summed E-state index contributed by atoms with van der Waals surface area (Å²) in [4.78, 5) is 16.1. The van der Waals surface area contributed by atoms with E-state index in [0.717, 1.165) is 28.0 Å². The van der Waals surface area contributed by atoms with E-state index in [2.05, 4.69) is 0 Å². The number of hydrogen-bond acceptors (Lipinski definition) is 6. The van der Waals surface area contributed by atoms with Gasteiger partial charge in [0.05, 0.1) is 4.90 Å². The van der Waals surface area contributed by atoms with E-state index in [0.29, 0.717) is 50.5 Å². The SMILES string of the molecule is Cc1c(C)c(S(=O)(=O)CN2CCN(C(=O)CCN)CC2)c(C)c2c1OC(C)(C)C2. The van der Waals surface area contributed by atoms with Crippen LogP contribution in [-0.2, 0) is 21.1 Å². The summed E-state index contributed by atoms with van der Waals surface area (Å²) in [7, 11) is -3.50. The van der Waals surface area contributed by atoms with Crippen LogP contribution in [0.15, 0.2) is 4.90 Å². The van der Waals surface area contributed by atoms with Gasteiger partial charge in [-0.05, 0) is 51.3 Å². The first-order valence-corrected chi connectivity index (χ1v) is 11.9. The molecule has 0 saturated carbocycles. The molecule has 162 valence electrons. The van der Waals surface area contributed by atoms with Gasteiger partial charge in [0, 0.05) is 51.1 Å². The Labute approximate surface area is 174 Å². The lowest BCUT2D eigenvalue weighted by molar-refractivity contribution is -0.132. The van der Waals surface area contributed by atoms with E-state index >= 15 is 0 Å². The van der Waals surface area contributed by atoms with E-state index < -0.39 is 9.84 Å². The fourth-order valence-electron chi connectivity index (χ4n) is 4.42. The molecule has 8 heteroatoms. The quantitative estimate of drug-likeness (QED) is 0.772. The molecule has 2 aliphatic rings. The molecule has 1 aromatic rings. The fourth-order valence-corrected chi connectivity index (χ4v) is 6.50. The van der Waals surface area contributed by atoms with Gasteiger partial charge in [-0.15, -0.1) is 0 Å². The maximum atomic E-state index is 13.4. The highest BCUT2D eigenvalue weighted by Crippen LogP contribution is 2.44. The van der Waals surface area contributed by atoms with Crippen molar-refractivity contribution in [2.75, 3.05) is 38.6 Å². The molecule has 2 heterocycles. The van der Waals surface area contributed by atoms with Gasteiger partial charge in [0.15, 0.2) is 9.84 Å². The molecule has 0 bridgehead atoms. The number of rotatable bonds is 5. The van der Waals surface area contributed by atoms with Crippen molar-refractivity contribution in [3.63, 3.8) is 0 Å². The zero-order valence-corrected chi connectivity index (χ0v) is 19.0. The predicted octanol–water partition coefficient (Wildman–Crippen LogP) is 1.55. The summed E-state index contributed by atoms with van der Waals surface area (Å²) >= 11 is 0. The Bertz CT molecular complexity index is 917. The topological polar surface area (TPSA) is 92.9 Å². The molecule has 0 radical (unpaired) electrons. The van der Waals surface area contributed by atoms with Gasteiger partial charge in [0.2, 0.25) is 5.91 Å². The minimum atomic E-state index is -3.50. The van der Waals surface area contributed by atoms with Crippen LogP contribution in [0.25, 0.3) is 0 Å². The summed E-state index contributed by atoms with van der Waals surface area (Å²) in [6, 6.07) is 0. The van der Waals surface area contributed by atoms with Crippen LogP contribution in [-0.4, -0.2) is 68.3 Å². The van der Waals surface area contributed by atoms with Crippen molar-refractivity contribution in [1.29, 1.82) is 0 Å². The van der Waals surface area contributed by atoms with Gasteiger partial charge in [0.1, 0.15) is 17.2 Å². The number of amides is 1. The molecule has 0 unspecified atom stereocenters. The van der Waals surface area contributed by atoms with E-state index in [1.165, 1.54) is 0 Å². The van der Waals surface area contributed by atoms with Gasteiger partial charge < -0.3 is 15.4 Å². The number of carbonyl (C=O) groups is 1. The number of ether oxygens (including phenoxy) is 1. The summed E-state index contributed by atoms with van der Waals surface area (Å²) in [5, 5.41) is 0. The van der Waals surface area contributed by atoms with Crippen LogP contribution in [0.2, 0.25) is 0 Å². The largest absolute Gasteiger partial charge is 0.487 e. The van der Waals surface area contributed by atoms with E-state index in [4.69, 9.17) is 10.5 Å². The highest BCUT2D eigenvalue weighted by atomic mass is 32.2. The normalized spacial score (nSPS) is 19.2. The third-order valence-electron chi connectivity index (χ3n) is 6.04. The van der Waals surface area contributed by atoms with Crippen molar-refractivity contribution in [2.24, 2.45) is 5.73 Å². The first-order valence-electron chi connectivity index (χ1n) is 10.2. The van der Waals surface area contributed by atoms with Gasteiger partial charge in [-0.25, -0.2) is 8.42 Å². The molecular formula is C21H33N3O4S. The maximum Gasteiger partial charge on any atom is 0.223 e. The Morgan fingerprint density at radius 2 is 1.69 bits per heavy atom. The van der Waals surface area contributed by atoms with Crippen molar-refractivity contribution in [2.45, 2.75) is 58.0 Å². The Hall–Kier alpha value is -1.64. The van der Waals surface area contributed by atoms with Crippen molar-refractivity contribution < 1.29 is 17.9 Å². The molecule has 0 atom stereocenters. The second-order valence-corrected chi connectivity index (χ2v) is 10.7. The Morgan fingerprint density at radius 3 is 2.28 bits per heavy atom. The molecule has 0 aliphatic carbocycles. The zero-order chi connectivity index (χ0) is 21.6. The van der Waals surface area contributed by atoms with Gasteiger partial charge in [-0.3, -0.25) is 9.69 Å². The van der Waals surface area contributed by atoms with Crippen molar-refractivity contribution in [3.05, 3.63) is 22.3 Å². The van der Waals surface area contributed by atoms with Gasteiger partial charge >= 0.3 is 0 Å². The second kappa shape index (κ2) is 7.89. The third-order valence-corrected chi connectivity index (χ3v) is 7.98. The number of hydrogen-bond donors (Lipinski definition) is 1. The van der Waals surface area contributed by atoms with E-state index in [-0.39, 0.29) is 17.4 Å². The highest BCUT2D eigenvalue weighted by Gasteiger charge is 2.37. The van der Waals surface area contributed by atoms with Gasteiger partial charge in [0.25, 0.3) is 0 Å². The van der Waals surface area contributed by atoms with Crippen molar-refractivity contribution in [1.82, 2.24) is 9.80 Å². The molecule has 0 aromatic heterocycles. The average molecular weight is 424 g/mol. The predicted molar refractivity (Wildman–Crippen MR) is 113 cm³/mol. The summed E-state index contributed by atoms with van der Waals surface area (Å²) < 4.78 is 32.9. The minimum absolute atomic E-state index is 0.0317. The molecule has 29 heavy (non-hydrogen) atoms. The zero-order valence-electron chi connectivity index (χ0n) is 18.2. The number of piperazine rings is 1. The van der Waals surface area contributed by atoms with E-state index in [9.17, 15) is 13.2 Å². The molecule has 0 spiro atoms. The lowest BCUT2D eigenvalue weighted by Crippen LogP contribution is -2.50. The van der Waals surface area contributed by atoms with Crippen molar-refractivity contribution >= 4 is 15.7 Å². The number of benzene rings is 1. The van der Waals surface area contributed by atoms with E-state index in [1.807, 2.05) is 39.5 Å². The number of sulfone groups is 1. The second-order valence-electron chi connectivity index (χ2n) is 8.83. The molecule has 1 fully saturated rings. The molecular weight excluding hydrogens is 390 g/mol. The molecule has 1 amide bonds. The summed E-state index contributed by atoms with van der Waals surface area (Å²) in [6.45, 7) is 12.3. The molecule has 1 saturated heterocycles. The summed E-state index contributed by atoms with van der Waals surface area (Å²) in [5.41, 5.74) is 8.64. The van der Waals surface area contributed by atoms with Crippen LogP contribution in [0.1, 0.15) is 42.5 Å². The number of carbonyl (C=O) groups excluding carboxylic acids is 1. The van der Waals surface area contributed by atoms with Crippen LogP contribution in [0.4, 0.5) is 0 Å². The molecule has 2 N–H and O–H groups in total. The fraction of sp³-hybridized carbons (Fsp3) is 0.667. The lowest BCUT2D eigenvalue weighted by Gasteiger charge is -2.34. The molecule has 7 nitrogen and oxygen atoms in total. The molecule has 2 aliphatic heterocycles. The molecule has 1 aromatic carbocycles. The monoisotopic (exact) mass is 423 g/mol. The van der Waals surface area contributed by atoms with Crippen molar-refractivity contribution in [3.8, 4) is 5.75 Å². The standard InChI is InChI=1S/C21H33N3O4S/c1-14-15(2)20(16(3)17-12-21(4,5)28-19(14)17)29(26,27)13-23-8-10-24(11-9-23)18(25)6-7-22/h6-13,22H2,1-5H3. The summed E-state index contributed by atoms with van der Waals surface area (Å²) in [6.07, 6.45) is 1.04. The van der Waals surface area contributed by atoms with Gasteiger partial charge in [-0.1, -0.05) is 0 Å². The minimum Gasteiger partial charge on any atom is -0.487 e. The van der Waals surface area contributed by atoms with E-state index in [1.54, 1.807) is 4.90 Å². The maximum absolute atomic E-state index is 13.4. The first-order chi connectivity index (χ1) is 13.5. The lowest BCUT2D eigenvalue weighted by atomic mass is 9.94. The number of nitrogens with two attached hydrogens (primary N) is 1. The van der Waals surface area contributed by atoms with Crippen LogP contribution in [0, 0.1) is 20.8 Å². The average Bonchev–Trinajstić information content (AvgIpc) is 2.96. The number of fused-ring (bicyclic) bond motifs is 1. The Kier molecular flexibility index (Phi) is 6.00. The molecule has 3 rings (SSSR count). The van der Waals surface area contributed by atoms with Gasteiger partial charge in [-0.2, -0.15) is 0 Å². The first kappa shape index (κ1) is 22.1. The smallest absolute Gasteiger partial charge is 0.223 e. The van der Waals surface area contributed by atoms with Crippen LogP contribution < -0.4 is 10.5 Å². The third kappa shape index (κ3) is 4.29. The Morgan fingerprint density at radius 1 is 1.07 bits per heavy atom. The van der Waals surface area contributed by atoms with Crippen LogP contribution in [0.5, 0.6) is 5.75 Å². The van der Waals surface area contributed by atoms with Crippen LogP contribution in [0.3, 0.4) is 0 Å². The summed E-state index contributed by atoms with van der Waals surface area (Å²) in [5.74, 6) is 0.852. The van der Waals surface area contributed by atoms with Crippen LogP contribution >= 0.6 is 0 Å². The number of nitrogens with zero attached hydrogens (tertiary/aromatic N) is 2. The highest BCUT2D eigenvalue weighted by molar-refractivity contribution is 7.91. The Balaban J connectivity index is 1.81.